The molecule has 110 valence electrons. The van der Waals surface area contributed by atoms with E-state index in [1.54, 1.807) is 7.11 Å². The summed E-state index contributed by atoms with van der Waals surface area (Å²) in [4.78, 5) is 23.1. The average molecular weight is 278 g/mol. The molecule has 2 N–H and O–H groups in total. The third kappa shape index (κ3) is 5.84. The van der Waals surface area contributed by atoms with E-state index in [2.05, 4.69) is 10.6 Å². The molecule has 0 aliphatic heterocycles. The standard InChI is InChI=1S/C15H22N2O3/c1-12(13-7-4-3-5-8-13)11-17-15(19)14(18)16-9-6-10-20-2/h3-5,7-8,12H,6,9-11H2,1-2H3,(H,16,18)(H,17,19)/t12-/m0/s1. The van der Waals surface area contributed by atoms with Crippen molar-refractivity contribution in [2.45, 2.75) is 19.3 Å². The van der Waals surface area contributed by atoms with Crippen LogP contribution < -0.4 is 10.6 Å². The predicted octanol–water partition coefficient (Wildman–Crippen LogP) is 1.06. The first-order chi connectivity index (χ1) is 9.65. The Labute approximate surface area is 119 Å². The third-order valence-corrected chi connectivity index (χ3v) is 2.95. The molecule has 0 heterocycles. The van der Waals surface area contributed by atoms with Gasteiger partial charge in [0.2, 0.25) is 0 Å². The molecule has 0 fully saturated rings. The van der Waals surface area contributed by atoms with E-state index in [-0.39, 0.29) is 5.92 Å². The molecule has 20 heavy (non-hydrogen) atoms. The Hall–Kier alpha value is -1.88. The van der Waals surface area contributed by atoms with Crippen LogP contribution in [0, 0.1) is 0 Å². The Kier molecular flexibility index (Phi) is 7.35. The van der Waals surface area contributed by atoms with Gasteiger partial charge in [0.15, 0.2) is 0 Å². The van der Waals surface area contributed by atoms with Crippen molar-refractivity contribution >= 4 is 11.8 Å². The van der Waals surface area contributed by atoms with E-state index in [9.17, 15) is 9.59 Å². The molecule has 1 aromatic carbocycles. The fourth-order valence-electron chi connectivity index (χ4n) is 1.72. The molecule has 0 aliphatic rings. The molecule has 0 radical (unpaired) electrons. The second-order valence-corrected chi connectivity index (χ2v) is 4.62. The van der Waals surface area contributed by atoms with Crippen molar-refractivity contribution in [1.82, 2.24) is 10.6 Å². The first-order valence-corrected chi connectivity index (χ1v) is 6.75. The second-order valence-electron chi connectivity index (χ2n) is 4.62. The molecule has 1 atom stereocenters. The van der Waals surface area contributed by atoms with Gasteiger partial charge in [-0.3, -0.25) is 9.59 Å². The molecule has 1 rings (SSSR count). The summed E-state index contributed by atoms with van der Waals surface area (Å²) in [6, 6.07) is 9.86. The van der Waals surface area contributed by atoms with Crippen molar-refractivity contribution in [3.05, 3.63) is 35.9 Å². The molecule has 1 aromatic rings. The number of ether oxygens (including phenoxy) is 1. The van der Waals surface area contributed by atoms with Gasteiger partial charge < -0.3 is 15.4 Å². The van der Waals surface area contributed by atoms with Gasteiger partial charge in [0.1, 0.15) is 0 Å². The van der Waals surface area contributed by atoms with E-state index < -0.39 is 11.8 Å². The van der Waals surface area contributed by atoms with E-state index in [1.165, 1.54) is 0 Å². The summed E-state index contributed by atoms with van der Waals surface area (Å²) >= 11 is 0. The monoisotopic (exact) mass is 278 g/mol. The Bertz CT molecular complexity index is 420. The Morgan fingerprint density at radius 2 is 1.80 bits per heavy atom. The maximum absolute atomic E-state index is 11.6. The van der Waals surface area contributed by atoms with Crippen LogP contribution >= 0.6 is 0 Å². The van der Waals surface area contributed by atoms with Crippen LogP contribution in [0.5, 0.6) is 0 Å². The number of benzene rings is 1. The van der Waals surface area contributed by atoms with Gasteiger partial charge in [0, 0.05) is 26.8 Å². The minimum absolute atomic E-state index is 0.168. The number of hydrogen-bond acceptors (Lipinski definition) is 3. The smallest absolute Gasteiger partial charge is 0.309 e. The van der Waals surface area contributed by atoms with E-state index in [0.29, 0.717) is 26.1 Å². The number of rotatable bonds is 7. The van der Waals surface area contributed by atoms with Crippen LogP contribution in [0.4, 0.5) is 0 Å². The molecule has 2 amide bonds. The van der Waals surface area contributed by atoms with Gasteiger partial charge in [0.25, 0.3) is 0 Å². The van der Waals surface area contributed by atoms with E-state index in [4.69, 9.17) is 4.74 Å². The first kappa shape index (κ1) is 16.2. The number of amides is 2. The van der Waals surface area contributed by atoms with Crippen molar-refractivity contribution in [3.63, 3.8) is 0 Å². The highest BCUT2D eigenvalue weighted by Gasteiger charge is 2.14. The quantitative estimate of drug-likeness (QED) is 0.579. The summed E-state index contributed by atoms with van der Waals surface area (Å²) in [6.45, 7) is 3.45. The molecule has 0 bridgehead atoms. The molecule has 0 unspecified atom stereocenters. The highest BCUT2D eigenvalue weighted by Crippen LogP contribution is 2.12. The van der Waals surface area contributed by atoms with Crippen molar-refractivity contribution in [3.8, 4) is 0 Å². The minimum atomic E-state index is -0.596. The van der Waals surface area contributed by atoms with E-state index in [1.807, 2.05) is 37.3 Å². The summed E-state index contributed by atoms with van der Waals surface area (Å²) in [6.07, 6.45) is 0.690. The molecule has 0 aliphatic carbocycles. The van der Waals surface area contributed by atoms with Crippen LogP contribution in [0.1, 0.15) is 24.8 Å². The number of nitrogens with one attached hydrogen (secondary N) is 2. The van der Waals surface area contributed by atoms with Gasteiger partial charge in [-0.15, -0.1) is 0 Å². The second kappa shape index (κ2) is 9.09. The predicted molar refractivity (Wildman–Crippen MR) is 77.4 cm³/mol. The SMILES string of the molecule is COCCCNC(=O)C(=O)NC[C@H](C)c1ccccc1. The summed E-state index contributed by atoms with van der Waals surface area (Å²) < 4.78 is 4.86. The number of hydrogen-bond donors (Lipinski definition) is 2. The fraction of sp³-hybridized carbons (Fsp3) is 0.467. The fourth-order valence-corrected chi connectivity index (χ4v) is 1.72. The molecule has 5 heteroatoms. The van der Waals surface area contributed by atoms with E-state index in [0.717, 1.165) is 5.56 Å². The van der Waals surface area contributed by atoms with Gasteiger partial charge in [-0.25, -0.2) is 0 Å². The third-order valence-electron chi connectivity index (χ3n) is 2.95. The lowest BCUT2D eigenvalue weighted by molar-refractivity contribution is -0.139. The maximum atomic E-state index is 11.6. The maximum Gasteiger partial charge on any atom is 0.309 e. The number of carbonyl (C=O) groups is 2. The number of methoxy groups -OCH3 is 1. The van der Waals surface area contributed by atoms with E-state index >= 15 is 0 Å². The zero-order valence-electron chi connectivity index (χ0n) is 12.0. The lowest BCUT2D eigenvalue weighted by Gasteiger charge is -2.12. The molecular weight excluding hydrogens is 256 g/mol. The molecule has 0 spiro atoms. The van der Waals surface area contributed by atoms with Crippen molar-refractivity contribution in [2.75, 3.05) is 26.8 Å². The van der Waals surface area contributed by atoms with Crippen molar-refractivity contribution < 1.29 is 14.3 Å². The molecule has 0 aromatic heterocycles. The summed E-state index contributed by atoms with van der Waals surface area (Å²) in [5, 5.41) is 5.19. The van der Waals surface area contributed by atoms with Crippen LogP contribution in [0.2, 0.25) is 0 Å². The lowest BCUT2D eigenvalue weighted by atomic mass is 10.0. The van der Waals surface area contributed by atoms with Gasteiger partial charge >= 0.3 is 11.8 Å². The molecule has 0 saturated heterocycles. The first-order valence-electron chi connectivity index (χ1n) is 6.75. The largest absolute Gasteiger partial charge is 0.385 e. The zero-order valence-corrected chi connectivity index (χ0v) is 12.0. The van der Waals surface area contributed by atoms with Crippen LogP contribution in [0.15, 0.2) is 30.3 Å². The molecule has 0 saturated carbocycles. The molecular formula is C15H22N2O3. The Balaban J connectivity index is 2.27. The highest BCUT2D eigenvalue weighted by atomic mass is 16.5. The highest BCUT2D eigenvalue weighted by molar-refractivity contribution is 6.35. The van der Waals surface area contributed by atoms with Gasteiger partial charge in [-0.2, -0.15) is 0 Å². The number of carbonyl (C=O) groups excluding carboxylic acids is 2. The Morgan fingerprint density at radius 1 is 1.15 bits per heavy atom. The van der Waals surface area contributed by atoms with Gasteiger partial charge in [-0.05, 0) is 17.9 Å². The topological polar surface area (TPSA) is 67.4 Å². The lowest BCUT2D eigenvalue weighted by Crippen LogP contribution is -2.41. The van der Waals surface area contributed by atoms with Crippen LogP contribution in [-0.4, -0.2) is 38.6 Å². The summed E-state index contributed by atoms with van der Waals surface area (Å²) in [5.74, 6) is -1.02. The Morgan fingerprint density at radius 3 is 2.45 bits per heavy atom. The average Bonchev–Trinajstić information content (AvgIpc) is 2.49. The van der Waals surface area contributed by atoms with Gasteiger partial charge in [-0.1, -0.05) is 37.3 Å². The van der Waals surface area contributed by atoms with Gasteiger partial charge in [0.05, 0.1) is 0 Å². The normalized spacial score (nSPS) is 11.7. The molecule has 5 nitrogen and oxygen atoms in total. The van der Waals surface area contributed by atoms with Crippen LogP contribution in [0.3, 0.4) is 0 Å². The van der Waals surface area contributed by atoms with Crippen LogP contribution in [0.25, 0.3) is 0 Å². The zero-order chi connectivity index (χ0) is 14.8. The minimum Gasteiger partial charge on any atom is -0.385 e. The summed E-state index contributed by atoms with van der Waals surface area (Å²) in [7, 11) is 1.60. The van der Waals surface area contributed by atoms with Crippen LogP contribution in [-0.2, 0) is 14.3 Å². The van der Waals surface area contributed by atoms with Crippen molar-refractivity contribution in [2.24, 2.45) is 0 Å². The summed E-state index contributed by atoms with van der Waals surface area (Å²) in [5.41, 5.74) is 1.13. The van der Waals surface area contributed by atoms with Crippen molar-refractivity contribution in [1.29, 1.82) is 0 Å².